The van der Waals surface area contributed by atoms with Gasteiger partial charge in [0.1, 0.15) is 18.2 Å². The quantitative estimate of drug-likeness (QED) is 0.135. The normalized spacial score (nSPS) is 17.1. The zero-order chi connectivity index (χ0) is 31.6. The van der Waals surface area contributed by atoms with Crippen LogP contribution in [-0.2, 0) is 29.0 Å². The number of methoxy groups -OCH3 is 1. The van der Waals surface area contributed by atoms with Gasteiger partial charge < -0.3 is 14.2 Å². The average molecular weight is 608 g/mol. The number of Topliss-reactive ketones (excluding diaryl/α,β-unsaturated/α-hetero) is 2. The summed E-state index contributed by atoms with van der Waals surface area (Å²) in [6.45, 7) is 2.21. The van der Waals surface area contributed by atoms with Gasteiger partial charge in [0.2, 0.25) is 0 Å². The van der Waals surface area contributed by atoms with Crippen molar-refractivity contribution in [2.75, 3.05) is 7.11 Å². The maximum atomic E-state index is 15.3. The minimum absolute atomic E-state index is 0.0241. The van der Waals surface area contributed by atoms with Gasteiger partial charge in [-0.1, -0.05) is 55.5 Å². The lowest BCUT2D eigenvalue weighted by Crippen LogP contribution is -2.30. The zero-order valence-corrected chi connectivity index (χ0v) is 24.9. The molecule has 0 bridgehead atoms. The van der Waals surface area contributed by atoms with Gasteiger partial charge in [0, 0.05) is 30.5 Å². The predicted octanol–water partition coefficient (Wildman–Crippen LogP) is 7.84. The first-order valence-corrected chi connectivity index (χ1v) is 14.7. The Labute approximate surface area is 259 Å². The number of rotatable bonds is 12. The fourth-order valence-electron chi connectivity index (χ4n) is 5.73. The average Bonchev–Trinajstić information content (AvgIpc) is 3.74. The minimum Gasteiger partial charge on any atom is -0.493 e. The molecule has 8 heteroatoms. The van der Waals surface area contributed by atoms with E-state index < -0.39 is 11.2 Å². The number of fused-ring (bicyclic) bond motifs is 1. The van der Waals surface area contributed by atoms with Crippen LogP contribution >= 0.6 is 0 Å². The number of halogens is 2. The smallest absolute Gasteiger partial charge is 0.166 e. The van der Waals surface area contributed by atoms with E-state index >= 15 is 4.39 Å². The number of hydrogen-bond donors (Lipinski definition) is 0. The monoisotopic (exact) mass is 607 g/mol. The molecular weight excluding hydrogens is 576 g/mol. The number of ketones is 2. The van der Waals surface area contributed by atoms with Gasteiger partial charge in [-0.05, 0) is 65.4 Å². The molecule has 228 valence electrons. The molecule has 0 radical (unpaired) electrons. The highest BCUT2D eigenvalue weighted by molar-refractivity contribution is 6.11. The predicted molar refractivity (Wildman–Crippen MR) is 166 cm³/mol. The van der Waals surface area contributed by atoms with Crippen molar-refractivity contribution in [1.82, 2.24) is 4.98 Å². The van der Waals surface area contributed by atoms with E-state index in [1.807, 2.05) is 37.3 Å². The van der Waals surface area contributed by atoms with Crippen molar-refractivity contribution >= 4 is 22.5 Å². The van der Waals surface area contributed by atoms with Crippen LogP contribution in [0.2, 0.25) is 0 Å². The van der Waals surface area contributed by atoms with E-state index in [0.717, 1.165) is 5.56 Å². The number of hydrogen-bond acceptors (Lipinski definition) is 6. The third-order valence-electron chi connectivity index (χ3n) is 8.39. The van der Waals surface area contributed by atoms with Gasteiger partial charge in [0.25, 0.3) is 0 Å². The summed E-state index contributed by atoms with van der Waals surface area (Å²) in [6, 6.07) is 24.9. The van der Waals surface area contributed by atoms with Gasteiger partial charge in [-0.15, -0.1) is 0 Å². The summed E-state index contributed by atoms with van der Waals surface area (Å²) >= 11 is 0. The van der Waals surface area contributed by atoms with E-state index in [1.165, 1.54) is 31.4 Å². The lowest BCUT2D eigenvalue weighted by Gasteiger charge is -2.16. The van der Waals surface area contributed by atoms with Crippen molar-refractivity contribution < 1.29 is 32.6 Å². The van der Waals surface area contributed by atoms with Crippen LogP contribution in [0.1, 0.15) is 30.0 Å². The highest BCUT2D eigenvalue weighted by Crippen LogP contribution is 2.54. The Morgan fingerprint density at radius 1 is 0.800 bits per heavy atom. The molecule has 6 nitrogen and oxygen atoms in total. The number of benzene rings is 4. The van der Waals surface area contributed by atoms with Gasteiger partial charge in [0.05, 0.1) is 18.0 Å². The Morgan fingerprint density at radius 2 is 1.49 bits per heavy atom. The Hall–Kier alpha value is -5.11. The van der Waals surface area contributed by atoms with Gasteiger partial charge in [-0.3, -0.25) is 14.6 Å². The molecule has 0 unspecified atom stereocenters. The molecule has 1 aromatic heterocycles. The molecule has 0 saturated heterocycles. The molecule has 1 heterocycles. The Balaban J connectivity index is 1.17. The second-order valence-corrected chi connectivity index (χ2v) is 11.4. The first kappa shape index (κ1) is 29.9. The summed E-state index contributed by atoms with van der Waals surface area (Å²) in [4.78, 5) is 31.0. The summed E-state index contributed by atoms with van der Waals surface area (Å²) in [6.07, 6.45) is 1.98. The fraction of sp³-hybridized carbons (Fsp3) is 0.216. The van der Waals surface area contributed by atoms with E-state index in [9.17, 15) is 14.0 Å². The Kier molecular flexibility index (Phi) is 8.30. The van der Waals surface area contributed by atoms with Gasteiger partial charge in [0.15, 0.2) is 34.6 Å². The molecule has 45 heavy (non-hydrogen) atoms. The van der Waals surface area contributed by atoms with Crippen molar-refractivity contribution in [3.63, 3.8) is 0 Å². The van der Waals surface area contributed by atoms with Gasteiger partial charge >= 0.3 is 0 Å². The summed E-state index contributed by atoms with van der Waals surface area (Å²) in [5.41, 5.74) is 1.58. The van der Waals surface area contributed by atoms with Crippen molar-refractivity contribution in [1.29, 1.82) is 0 Å². The molecule has 1 saturated carbocycles. The van der Waals surface area contributed by atoms with Crippen LogP contribution < -0.4 is 14.2 Å². The van der Waals surface area contributed by atoms with Gasteiger partial charge in [-0.25, -0.2) is 8.78 Å². The van der Waals surface area contributed by atoms with Crippen LogP contribution in [0.15, 0.2) is 97.2 Å². The molecular formula is C37H31F2NO5. The lowest BCUT2D eigenvalue weighted by molar-refractivity contribution is -0.134. The molecule has 1 fully saturated rings. The second kappa shape index (κ2) is 12.5. The molecule has 0 spiro atoms. The SMILES string of the molecule is COc1cc2c(Oc3ccc(CC(=O)[C@]4(C(=O)Cc5ccc(F)cc5)C[C@H]4C)cc3F)ccnc2cc1OCc1ccccc1. The largest absolute Gasteiger partial charge is 0.493 e. The van der Waals surface area contributed by atoms with Crippen LogP contribution in [0.4, 0.5) is 8.78 Å². The van der Waals surface area contributed by atoms with E-state index in [-0.39, 0.29) is 41.9 Å². The molecule has 1 aliphatic carbocycles. The van der Waals surface area contributed by atoms with E-state index in [4.69, 9.17) is 14.2 Å². The highest BCUT2D eigenvalue weighted by atomic mass is 19.1. The summed E-state index contributed by atoms with van der Waals surface area (Å²) < 4.78 is 46.2. The van der Waals surface area contributed by atoms with Crippen molar-refractivity contribution in [2.45, 2.75) is 32.8 Å². The molecule has 2 atom stereocenters. The maximum Gasteiger partial charge on any atom is 0.166 e. The Morgan fingerprint density at radius 3 is 2.16 bits per heavy atom. The molecule has 0 N–H and O–H groups in total. The first-order valence-electron chi connectivity index (χ1n) is 14.7. The van der Waals surface area contributed by atoms with Crippen molar-refractivity contribution in [2.24, 2.45) is 11.3 Å². The van der Waals surface area contributed by atoms with E-state index in [1.54, 1.807) is 42.6 Å². The summed E-state index contributed by atoms with van der Waals surface area (Å²) in [5, 5.41) is 0.601. The number of nitrogens with zero attached hydrogens (tertiary/aromatic N) is 1. The van der Waals surface area contributed by atoms with Crippen molar-refractivity contribution in [3.8, 4) is 23.0 Å². The van der Waals surface area contributed by atoms with Crippen LogP contribution in [0, 0.1) is 23.0 Å². The van der Waals surface area contributed by atoms with Crippen LogP contribution in [0.25, 0.3) is 10.9 Å². The first-order chi connectivity index (χ1) is 21.8. The van der Waals surface area contributed by atoms with Crippen LogP contribution in [0.3, 0.4) is 0 Å². The van der Waals surface area contributed by atoms with Gasteiger partial charge in [-0.2, -0.15) is 0 Å². The number of pyridine rings is 1. The number of carbonyl (C=O) groups is 2. The topological polar surface area (TPSA) is 74.7 Å². The summed E-state index contributed by atoms with van der Waals surface area (Å²) in [7, 11) is 1.54. The highest BCUT2D eigenvalue weighted by Gasteiger charge is 2.61. The lowest BCUT2D eigenvalue weighted by atomic mass is 9.86. The second-order valence-electron chi connectivity index (χ2n) is 11.4. The molecule has 0 aliphatic heterocycles. The molecule has 6 rings (SSSR count). The van der Waals surface area contributed by atoms with Crippen LogP contribution in [0.5, 0.6) is 23.0 Å². The number of ether oxygens (including phenoxy) is 3. The number of aromatic nitrogens is 1. The zero-order valence-electron chi connectivity index (χ0n) is 24.9. The van der Waals surface area contributed by atoms with E-state index in [0.29, 0.717) is 52.3 Å². The van der Waals surface area contributed by atoms with E-state index in [2.05, 4.69) is 4.98 Å². The summed E-state index contributed by atoms with van der Waals surface area (Å²) in [5.74, 6) is -0.242. The van der Waals surface area contributed by atoms with Crippen molar-refractivity contribution in [3.05, 3.63) is 126 Å². The standard InChI is InChI=1S/C37H31F2NO5/c1-23-21-37(23,35(41)17-24-8-11-27(38)12-9-24)36(42)18-26-10-13-32(29(39)16-26)45-31-14-15-40-30-20-34(33(43-2)19-28(30)31)44-22-25-6-4-3-5-7-25/h3-16,19-20,23H,17-18,21-22H2,1-2H3/t23-,37-/m1/s1. The molecule has 1 aliphatic rings. The maximum absolute atomic E-state index is 15.3. The molecule has 4 aromatic carbocycles. The molecule has 0 amide bonds. The third kappa shape index (κ3) is 6.27. The third-order valence-corrected chi connectivity index (χ3v) is 8.39. The fourth-order valence-corrected chi connectivity index (χ4v) is 5.73. The Bertz CT molecular complexity index is 1880. The minimum atomic E-state index is -1.10. The van der Waals surface area contributed by atoms with Crippen LogP contribution in [-0.4, -0.2) is 23.7 Å². The molecule has 5 aromatic rings. The number of carbonyl (C=O) groups excluding carboxylic acids is 2.